The Morgan fingerprint density at radius 3 is 2.86 bits per heavy atom. The first-order chi connectivity index (χ1) is 13.7. The smallest absolute Gasteiger partial charge is 0.197 e. The molecule has 1 atom stereocenters. The van der Waals surface area contributed by atoms with Crippen LogP contribution in [0.4, 0.5) is 4.39 Å². The zero-order valence-electron chi connectivity index (χ0n) is 14.7. The van der Waals surface area contributed by atoms with Gasteiger partial charge < -0.3 is 14.0 Å². The van der Waals surface area contributed by atoms with Gasteiger partial charge >= 0.3 is 0 Å². The van der Waals surface area contributed by atoms with Crippen LogP contribution in [0.25, 0.3) is 10.9 Å². The van der Waals surface area contributed by atoms with Crippen LogP contribution in [0.5, 0.6) is 11.5 Å². The van der Waals surface area contributed by atoms with E-state index in [0.717, 1.165) is 0 Å². The van der Waals surface area contributed by atoms with Crippen LogP contribution in [0.3, 0.4) is 0 Å². The Hall–Kier alpha value is -3.20. The molecule has 0 fully saturated rings. The van der Waals surface area contributed by atoms with Crippen LogP contribution in [-0.4, -0.2) is 31.3 Å². The van der Waals surface area contributed by atoms with Gasteiger partial charge in [0.15, 0.2) is 28.6 Å². The number of rotatable bonds is 3. The molecule has 0 radical (unpaired) electrons. The van der Waals surface area contributed by atoms with Crippen molar-refractivity contribution in [2.24, 2.45) is 7.05 Å². The maximum atomic E-state index is 13.7. The fraction of sp³-hybridized carbons (Fsp3) is 0.158. The average molecular weight is 395 g/mol. The van der Waals surface area contributed by atoms with Crippen molar-refractivity contribution in [1.82, 2.24) is 24.7 Å². The number of halogens is 1. The zero-order chi connectivity index (χ0) is 19.1. The number of fused-ring (bicyclic) bond motifs is 2. The lowest BCUT2D eigenvalue weighted by Crippen LogP contribution is -2.24. The van der Waals surface area contributed by atoms with E-state index >= 15 is 0 Å². The molecule has 0 aliphatic carbocycles. The average Bonchev–Trinajstić information content (AvgIpc) is 3.08. The minimum atomic E-state index is -0.374. The molecule has 7 nitrogen and oxygen atoms in total. The first-order valence-electron chi connectivity index (χ1n) is 8.55. The van der Waals surface area contributed by atoms with Crippen molar-refractivity contribution in [3.8, 4) is 11.5 Å². The van der Waals surface area contributed by atoms with E-state index in [4.69, 9.17) is 9.47 Å². The van der Waals surface area contributed by atoms with Gasteiger partial charge in [0.25, 0.3) is 0 Å². The molecule has 3 heterocycles. The van der Waals surface area contributed by atoms with Crippen molar-refractivity contribution in [2.45, 2.75) is 16.3 Å². The summed E-state index contributed by atoms with van der Waals surface area (Å²) in [4.78, 5) is 8.46. The minimum Gasteiger partial charge on any atom is -0.485 e. The van der Waals surface area contributed by atoms with E-state index in [-0.39, 0.29) is 11.9 Å². The van der Waals surface area contributed by atoms with Gasteiger partial charge in [0.2, 0.25) is 0 Å². The number of hydrogen-bond acceptors (Lipinski definition) is 7. The molecule has 0 spiro atoms. The lowest BCUT2D eigenvalue weighted by atomic mass is 10.2. The Labute approximate surface area is 163 Å². The van der Waals surface area contributed by atoms with Crippen molar-refractivity contribution in [1.29, 1.82) is 0 Å². The molecule has 1 aliphatic rings. The third kappa shape index (κ3) is 2.93. The Balaban J connectivity index is 1.45. The number of ether oxygens (including phenoxy) is 2. The van der Waals surface area contributed by atoms with Gasteiger partial charge in [-0.2, -0.15) is 0 Å². The Kier molecular flexibility index (Phi) is 4.09. The Morgan fingerprint density at radius 2 is 1.96 bits per heavy atom. The molecule has 5 rings (SSSR count). The van der Waals surface area contributed by atoms with E-state index in [1.54, 1.807) is 6.07 Å². The number of para-hydroxylation sites is 2. The molecule has 2 aromatic heterocycles. The van der Waals surface area contributed by atoms with E-state index in [2.05, 4.69) is 20.2 Å². The highest BCUT2D eigenvalue weighted by atomic mass is 32.2. The molecular formula is C19H14FN5O2S. The molecule has 4 aromatic rings. The van der Waals surface area contributed by atoms with Crippen LogP contribution in [-0.2, 0) is 7.05 Å². The lowest BCUT2D eigenvalue weighted by molar-refractivity contribution is 0.0825. The minimum absolute atomic E-state index is 0.339. The summed E-state index contributed by atoms with van der Waals surface area (Å²) in [6.45, 7) is 0.343. The zero-order valence-corrected chi connectivity index (χ0v) is 15.6. The first-order valence-corrected chi connectivity index (χ1v) is 9.36. The second-order valence-corrected chi connectivity index (χ2v) is 7.16. The highest BCUT2D eigenvalue weighted by molar-refractivity contribution is 7.99. The SMILES string of the molecule is Cn1c(Sc2ncnc3ccc(F)cc23)nnc1C1COc2ccccc2O1. The molecule has 0 N–H and O–H groups in total. The summed E-state index contributed by atoms with van der Waals surface area (Å²) in [5.41, 5.74) is 0.668. The third-order valence-electron chi connectivity index (χ3n) is 4.41. The summed E-state index contributed by atoms with van der Waals surface area (Å²) in [5, 5.41) is 10.4. The van der Waals surface area contributed by atoms with Crippen molar-refractivity contribution < 1.29 is 13.9 Å². The van der Waals surface area contributed by atoms with Crippen LogP contribution in [0, 0.1) is 5.82 Å². The van der Waals surface area contributed by atoms with Crippen LogP contribution in [0.2, 0.25) is 0 Å². The predicted octanol–water partition coefficient (Wildman–Crippen LogP) is 3.56. The van der Waals surface area contributed by atoms with Crippen LogP contribution in [0.15, 0.2) is 59.0 Å². The molecule has 1 unspecified atom stereocenters. The van der Waals surface area contributed by atoms with Gasteiger partial charge in [-0.15, -0.1) is 10.2 Å². The molecule has 0 bridgehead atoms. The Bertz CT molecular complexity index is 1180. The summed E-state index contributed by atoms with van der Waals surface area (Å²) in [7, 11) is 1.85. The second-order valence-electron chi connectivity index (χ2n) is 6.21. The molecule has 28 heavy (non-hydrogen) atoms. The number of benzene rings is 2. The summed E-state index contributed by atoms with van der Waals surface area (Å²) >= 11 is 1.30. The van der Waals surface area contributed by atoms with Gasteiger partial charge in [-0.05, 0) is 42.1 Å². The number of nitrogens with zero attached hydrogens (tertiary/aromatic N) is 5. The first kappa shape index (κ1) is 16.9. The van der Waals surface area contributed by atoms with Crippen molar-refractivity contribution in [3.63, 3.8) is 0 Å². The van der Waals surface area contributed by atoms with Gasteiger partial charge in [0.1, 0.15) is 23.8 Å². The third-order valence-corrected chi connectivity index (χ3v) is 5.47. The molecule has 2 aromatic carbocycles. The van der Waals surface area contributed by atoms with Crippen molar-refractivity contribution in [2.75, 3.05) is 6.61 Å². The molecule has 140 valence electrons. The van der Waals surface area contributed by atoms with E-state index < -0.39 is 0 Å². The van der Waals surface area contributed by atoms with E-state index in [9.17, 15) is 4.39 Å². The van der Waals surface area contributed by atoms with Gasteiger partial charge in [0.05, 0.1) is 5.52 Å². The van der Waals surface area contributed by atoms with Crippen molar-refractivity contribution >= 4 is 22.7 Å². The Morgan fingerprint density at radius 1 is 1.11 bits per heavy atom. The summed E-state index contributed by atoms with van der Waals surface area (Å²) in [5.74, 6) is 1.69. The largest absolute Gasteiger partial charge is 0.485 e. The molecule has 9 heteroatoms. The van der Waals surface area contributed by atoms with E-state index in [1.165, 1.54) is 30.2 Å². The molecular weight excluding hydrogens is 381 g/mol. The summed E-state index contributed by atoms with van der Waals surface area (Å²) in [6.07, 6.45) is 1.08. The van der Waals surface area contributed by atoms with E-state index in [1.807, 2.05) is 35.9 Å². The van der Waals surface area contributed by atoms with Gasteiger partial charge in [-0.25, -0.2) is 14.4 Å². The van der Waals surface area contributed by atoms with Crippen LogP contribution >= 0.6 is 11.8 Å². The molecule has 1 aliphatic heterocycles. The molecule has 0 saturated heterocycles. The number of hydrogen-bond donors (Lipinski definition) is 0. The topological polar surface area (TPSA) is 75.0 Å². The highest BCUT2D eigenvalue weighted by Crippen LogP contribution is 2.36. The summed E-state index contributed by atoms with van der Waals surface area (Å²) in [6, 6.07) is 11.9. The quantitative estimate of drug-likeness (QED) is 0.491. The monoisotopic (exact) mass is 395 g/mol. The van der Waals surface area contributed by atoms with Crippen LogP contribution in [0.1, 0.15) is 11.9 Å². The maximum Gasteiger partial charge on any atom is 0.197 e. The van der Waals surface area contributed by atoms with Gasteiger partial charge in [0, 0.05) is 12.4 Å². The lowest BCUT2D eigenvalue weighted by Gasteiger charge is -2.25. The fourth-order valence-corrected chi connectivity index (χ4v) is 3.87. The molecule has 0 saturated carbocycles. The predicted molar refractivity (Wildman–Crippen MR) is 99.9 cm³/mol. The second kappa shape index (κ2) is 6.75. The fourth-order valence-electron chi connectivity index (χ4n) is 3.02. The normalized spacial score (nSPS) is 15.7. The van der Waals surface area contributed by atoms with Crippen molar-refractivity contribution in [3.05, 3.63) is 60.4 Å². The van der Waals surface area contributed by atoms with E-state index in [0.29, 0.717) is 45.0 Å². The van der Waals surface area contributed by atoms with Gasteiger partial charge in [-0.3, -0.25) is 0 Å². The van der Waals surface area contributed by atoms with Crippen LogP contribution < -0.4 is 9.47 Å². The summed E-state index contributed by atoms with van der Waals surface area (Å²) < 4.78 is 27.3. The standard InChI is InChI=1S/C19H14FN5O2S/c1-25-17(16-9-26-14-4-2-3-5-15(14)27-16)23-24-19(25)28-18-12-8-11(20)6-7-13(12)21-10-22-18/h2-8,10,16H,9H2,1H3. The van der Waals surface area contributed by atoms with Gasteiger partial charge in [-0.1, -0.05) is 12.1 Å². The maximum absolute atomic E-state index is 13.7. The highest BCUT2D eigenvalue weighted by Gasteiger charge is 2.27. The number of aromatic nitrogens is 5. The molecule has 0 amide bonds.